The van der Waals surface area contributed by atoms with Gasteiger partial charge < -0.3 is 20.3 Å². The van der Waals surface area contributed by atoms with Gasteiger partial charge in [0.15, 0.2) is 12.0 Å². The molecule has 1 atom stereocenters. The Balaban J connectivity index is 1.30. The molecule has 1 aliphatic heterocycles. The molecule has 0 radical (unpaired) electrons. The maximum Gasteiger partial charge on any atom is 0.184 e. The molecule has 4 N–H and O–H groups in total. The van der Waals surface area contributed by atoms with E-state index in [9.17, 15) is 10.4 Å². The predicted molar refractivity (Wildman–Crippen MR) is 138 cm³/mol. The molecule has 0 bridgehead atoms. The summed E-state index contributed by atoms with van der Waals surface area (Å²) >= 11 is 0. The first-order valence-electron chi connectivity index (χ1n) is 11.8. The number of hydrogen-bond acceptors (Lipinski definition) is 8. The van der Waals surface area contributed by atoms with Gasteiger partial charge in [0, 0.05) is 66.0 Å². The van der Waals surface area contributed by atoms with Crippen LogP contribution >= 0.6 is 0 Å². The van der Waals surface area contributed by atoms with Crippen LogP contribution in [0.3, 0.4) is 0 Å². The molecule has 1 aromatic carbocycles. The van der Waals surface area contributed by atoms with E-state index in [1.807, 2.05) is 35.2 Å². The molecule has 180 valence electrons. The van der Waals surface area contributed by atoms with Crippen molar-refractivity contribution in [3.05, 3.63) is 60.6 Å². The lowest BCUT2D eigenvalue weighted by Crippen LogP contribution is -2.51. The van der Waals surface area contributed by atoms with E-state index in [0.29, 0.717) is 11.2 Å². The molecular formula is C26H25N9O. The number of benzene rings is 1. The van der Waals surface area contributed by atoms with Crippen LogP contribution in [-0.4, -0.2) is 79.6 Å². The molecule has 10 nitrogen and oxygen atoms in total. The summed E-state index contributed by atoms with van der Waals surface area (Å²) in [5.74, 6) is 0. The Hall–Kier alpha value is -4.30. The summed E-state index contributed by atoms with van der Waals surface area (Å²) in [5, 5.41) is 32.4. The van der Waals surface area contributed by atoms with E-state index in [1.54, 1.807) is 24.7 Å². The third kappa shape index (κ3) is 4.05. The second-order valence-corrected chi connectivity index (χ2v) is 9.07. The summed E-state index contributed by atoms with van der Waals surface area (Å²) in [6.07, 6.45) is 4.47. The number of aromatic amines is 2. The van der Waals surface area contributed by atoms with E-state index in [1.165, 1.54) is 0 Å². The molecule has 6 rings (SSSR count). The lowest BCUT2D eigenvalue weighted by atomic mass is 10.1. The topological polar surface area (TPSA) is 133 Å². The number of aromatic nitrogens is 5. The minimum Gasteiger partial charge on any atom is -0.361 e. The van der Waals surface area contributed by atoms with Crippen LogP contribution in [0.2, 0.25) is 0 Å². The molecule has 1 aliphatic rings. The van der Waals surface area contributed by atoms with Crippen molar-refractivity contribution in [2.24, 2.45) is 0 Å². The number of aliphatic hydroxyl groups excluding tert-OH is 1. The SMILES string of the molecule is CN1CCN([C@H](O)Nc2cncc(-c3cnc4n[nH]c(-c5cc6c(C#N)cccc6[nH]5)c4c3)c2)CC1. The molecule has 1 fully saturated rings. The smallest absolute Gasteiger partial charge is 0.184 e. The van der Waals surface area contributed by atoms with Gasteiger partial charge in [0.2, 0.25) is 0 Å². The zero-order valence-electron chi connectivity index (χ0n) is 19.7. The van der Waals surface area contributed by atoms with E-state index in [4.69, 9.17) is 0 Å². The van der Waals surface area contributed by atoms with Gasteiger partial charge in [-0.05, 0) is 37.4 Å². The summed E-state index contributed by atoms with van der Waals surface area (Å²) < 4.78 is 0. The van der Waals surface area contributed by atoms with Crippen molar-refractivity contribution in [1.82, 2.24) is 34.9 Å². The lowest BCUT2D eigenvalue weighted by Gasteiger charge is -2.35. The third-order valence-corrected chi connectivity index (χ3v) is 6.71. The molecule has 0 spiro atoms. The lowest BCUT2D eigenvalue weighted by molar-refractivity contribution is -0.00193. The number of aliphatic hydroxyl groups is 1. The van der Waals surface area contributed by atoms with Crippen molar-refractivity contribution < 1.29 is 5.11 Å². The summed E-state index contributed by atoms with van der Waals surface area (Å²) in [4.78, 5) is 16.6. The second-order valence-electron chi connectivity index (χ2n) is 9.07. The normalized spacial score (nSPS) is 15.8. The number of nitriles is 1. The standard InChI is InChI=1S/C26H25N9O/c1-34-5-7-35(8-6-34)26(36)30-19-9-17(13-28-15-19)18-10-21-24(32-33-25(21)29-14-18)23-11-20-16(12-27)3-2-4-22(20)31-23/h2-4,9-11,13-15,26,30-31,36H,5-8H2,1H3,(H,29,32,33)/t26-/m1/s1. The molecule has 5 heterocycles. The molecular weight excluding hydrogens is 454 g/mol. The highest BCUT2D eigenvalue weighted by atomic mass is 16.3. The Labute approximate surface area is 207 Å². The van der Waals surface area contributed by atoms with Crippen molar-refractivity contribution in [3.8, 4) is 28.6 Å². The fourth-order valence-electron chi connectivity index (χ4n) is 4.63. The maximum atomic E-state index is 10.7. The van der Waals surface area contributed by atoms with E-state index in [0.717, 1.165) is 70.7 Å². The van der Waals surface area contributed by atoms with Crippen molar-refractivity contribution in [3.63, 3.8) is 0 Å². The molecule has 5 aromatic rings. The minimum absolute atomic E-state index is 0.598. The Morgan fingerprint density at radius 3 is 2.72 bits per heavy atom. The highest BCUT2D eigenvalue weighted by Crippen LogP contribution is 2.32. The monoisotopic (exact) mass is 479 g/mol. The number of hydrogen-bond donors (Lipinski definition) is 4. The summed E-state index contributed by atoms with van der Waals surface area (Å²) in [7, 11) is 2.09. The van der Waals surface area contributed by atoms with Crippen molar-refractivity contribution in [2.45, 2.75) is 6.35 Å². The quantitative estimate of drug-likeness (QED) is 0.283. The summed E-state index contributed by atoms with van der Waals surface area (Å²) in [5.41, 5.74) is 6.21. The van der Waals surface area contributed by atoms with Gasteiger partial charge in [-0.2, -0.15) is 10.4 Å². The Morgan fingerprint density at radius 2 is 1.89 bits per heavy atom. The number of nitrogens with one attached hydrogen (secondary N) is 3. The van der Waals surface area contributed by atoms with Crippen LogP contribution in [0.25, 0.3) is 44.5 Å². The number of pyridine rings is 2. The number of H-pyrrole nitrogens is 2. The van der Waals surface area contributed by atoms with Gasteiger partial charge in [0.25, 0.3) is 0 Å². The van der Waals surface area contributed by atoms with Crippen LogP contribution in [0.1, 0.15) is 5.56 Å². The average Bonchev–Trinajstić information content (AvgIpc) is 3.52. The number of fused-ring (bicyclic) bond motifs is 2. The fourth-order valence-corrected chi connectivity index (χ4v) is 4.63. The van der Waals surface area contributed by atoms with Crippen LogP contribution < -0.4 is 5.32 Å². The zero-order valence-corrected chi connectivity index (χ0v) is 19.7. The van der Waals surface area contributed by atoms with Gasteiger partial charge in [0.05, 0.1) is 34.9 Å². The maximum absolute atomic E-state index is 10.7. The first-order valence-corrected chi connectivity index (χ1v) is 11.8. The highest BCUT2D eigenvalue weighted by molar-refractivity contribution is 5.97. The number of nitrogens with zero attached hydrogens (tertiary/aromatic N) is 6. The summed E-state index contributed by atoms with van der Waals surface area (Å²) in [6, 6.07) is 13.8. The fraction of sp³-hybridized carbons (Fsp3) is 0.231. The molecule has 10 heteroatoms. The average molecular weight is 480 g/mol. The van der Waals surface area contributed by atoms with Gasteiger partial charge in [-0.15, -0.1) is 0 Å². The second kappa shape index (κ2) is 9.05. The van der Waals surface area contributed by atoms with Crippen molar-refractivity contribution in [2.75, 3.05) is 38.5 Å². The molecule has 36 heavy (non-hydrogen) atoms. The van der Waals surface area contributed by atoms with Gasteiger partial charge in [-0.25, -0.2) is 4.98 Å². The first kappa shape index (κ1) is 22.2. The molecule has 1 saturated heterocycles. The molecule has 0 aliphatic carbocycles. The van der Waals surface area contributed by atoms with Gasteiger partial charge >= 0.3 is 0 Å². The molecule has 0 saturated carbocycles. The Bertz CT molecular complexity index is 1590. The van der Waals surface area contributed by atoms with E-state index in [2.05, 4.69) is 48.5 Å². The Morgan fingerprint density at radius 1 is 1.06 bits per heavy atom. The number of piperazine rings is 1. The van der Waals surface area contributed by atoms with Crippen LogP contribution in [0, 0.1) is 11.3 Å². The number of anilines is 1. The Kier molecular flexibility index (Phi) is 5.58. The predicted octanol–water partition coefficient (Wildman–Crippen LogP) is 2.98. The number of rotatable bonds is 5. The van der Waals surface area contributed by atoms with Crippen LogP contribution in [-0.2, 0) is 0 Å². The van der Waals surface area contributed by atoms with E-state index in [-0.39, 0.29) is 0 Å². The van der Waals surface area contributed by atoms with Gasteiger partial charge in [-0.1, -0.05) is 6.07 Å². The molecule has 0 unspecified atom stereocenters. The third-order valence-electron chi connectivity index (χ3n) is 6.71. The minimum atomic E-state index is -0.780. The zero-order chi connectivity index (χ0) is 24.6. The highest BCUT2D eigenvalue weighted by Gasteiger charge is 2.20. The van der Waals surface area contributed by atoms with E-state index >= 15 is 0 Å². The van der Waals surface area contributed by atoms with Gasteiger partial charge in [-0.3, -0.25) is 15.0 Å². The van der Waals surface area contributed by atoms with E-state index < -0.39 is 6.35 Å². The first-order chi connectivity index (χ1) is 17.6. The number of likely N-dealkylation sites (N-methyl/N-ethyl adjacent to an activating group) is 1. The van der Waals surface area contributed by atoms with Gasteiger partial charge in [0.1, 0.15) is 0 Å². The largest absolute Gasteiger partial charge is 0.361 e. The van der Waals surface area contributed by atoms with Crippen LogP contribution in [0.4, 0.5) is 5.69 Å². The molecule has 0 amide bonds. The molecule has 4 aromatic heterocycles. The van der Waals surface area contributed by atoms with Crippen LogP contribution in [0.5, 0.6) is 0 Å². The van der Waals surface area contributed by atoms with Crippen LogP contribution in [0.15, 0.2) is 55.0 Å². The summed E-state index contributed by atoms with van der Waals surface area (Å²) in [6.45, 7) is 3.43. The van der Waals surface area contributed by atoms with Crippen molar-refractivity contribution in [1.29, 1.82) is 5.26 Å². The van der Waals surface area contributed by atoms with Crippen molar-refractivity contribution >= 4 is 27.6 Å².